The zero-order chi connectivity index (χ0) is 16.8. The average molecular weight is 318 g/mol. The van der Waals surface area contributed by atoms with Gasteiger partial charge in [-0.15, -0.1) is 0 Å². The topological polar surface area (TPSA) is 46.9 Å². The SMILES string of the molecule is CCc1nc(-c2ccccc2)cc(=O)n1CCNc1c[c]ccc1. The molecular formula is C20H20N3O. The number of nitrogens with one attached hydrogen (secondary N) is 1. The van der Waals surface area contributed by atoms with Crippen molar-refractivity contribution in [1.29, 1.82) is 0 Å². The Morgan fingerprint density at radius 3 is 2.71 bits per heavy atom. The molecular weight excluding hydrogens is 298 g/mol. The van der Waals surface area contributed by atoms with E-state index in [1.165, 1.54) is 0 Å². The lowest BCUT2D eigenvalue weighted by Gasteiger charge is -2.13. The van der Waals surface area contributed by atoms with E-state index in [1.54, 1.807) is 10.6 Å². The van der Waals surface area contributed by atoms with Crippen LogP contribution in [0.2, 0.25) is 0 Å². The number of anilines is 1. The maximum Gasteiger partial charge on any atom is 0.254 e. The number of benzene rings is 2. The molecule has 1 aromatic heterocycles. The summed E-state index contributed by atoms with van der Waals surface area (Å²) in [6, 6.07) is 22.1. The van der Waals surface area contributed by atoms with E-state index in [4.69, 9.17) is 0 Å². The Hall–Kier alpha value is -2.88. The van der Waals surface area contributed by atoms with Crippen molar-refractivity contribution in [1.82, 2.24) is 9.55 Å². The molecule has 0 atom stereocenters. The van der Waals surface area contributed by atoms with Gasteiger partial charge in [0.15, 0.2) is 0 Å². The van der Waals surface area contributed by atoms with Crippen LogP contribution in [0.3, 0.4) is 0 Å². The summed E-state index contributed by atoms with van der Waals surface area (Å²) >= 11 is 0. The predicted molar refractivity (Wildman–Crippen MR) is 97.1 cm³/mol. The molecule has 0 aliphatic carbocycles. The molecule has 0 spiro atoms. The van der Waals surface area contributed by atoms with Crippen LogP contribution in [-0.2, 0) is 13.0 Å². The highest BCUT2D eigenvalue weighted by Crippen LogP contribution is 2.15. The summed E-state index contributed by atoms with van der Waals surface area (Å²) in [4.78, 5) is 17.2. The molecule has 0 fully saturated rings. The van der Waals surface area contributed by atoms with Crippen molar-refractivity contribution in [3.63, 3.8) is 0 Å². The molecule has 0 amide bonds. The number of rotatable bonds is 6. The molecule has 0 aliphatic rings. The average Bonchev–Trinajstić information content (AvgIpc) is 2.64. The summed E-state index contributed by atoms with van der Waals surface area (Å²) in [5, 5.41) is 3.30. The Morgan fingerprint density at radius 1 is 1.17 bits per heavy atom. The van der Waals surface area contributed by atoms with Crippen LogP contribution >= 0.6 is 0 Å². The van der Waals surface area contributed by atoms with Crippen molar-refractivity contribution in [3.8, 4) is 11.3 Å². The molecule has 1 heterocycles. The van der Waals surface area contributed by atoms with Crippen LogP contribution in [0.15, 0.2) is 65.5 Å². The smallest absolute Gasteiger partial charge is 0.254 e. The first-order valence-electron chi connectivity index (χ1n) is 8.14. The summed E-state index contributed by atoms with van der Waals surface area (Å²) in [7, 11) is 0. The van der Waals surface area contributed by atoms with Gasteiger partial charge in [0.2, 0.25) is 0 Å². The first-order chi connectivity index (χ1) is 11.8. The number of aromatic nitrogens is 2. The Kier molecular flexibility index (Phi) is 5.06. The fourth-order valence-corrected chi connectivity index (χ4v) is 2.64. The van der Waals surface area contributed by atoms with Crippen molar-refractivity contribution in [3.05, 3.63) is 82.9 Å². The molecule has 3 rings (SSSR count). The predicted octanol–water partition coefficient (Wildman–Crippen LogP) is 3.38. The van der Waals surface area contributed by atoms with E-state index in [1.807, 2.05) is 61.5 Å². The summed E-state index contributed by atoms with van der Waals surface area (Å²) in [5.41, 5.74) is 2.69. The van der Waals surface area contributed by atoms with E-state index in [0.717, 1.165) is 29.2 Å². The molecule has 0 unspecified atom stereocenters. The van der Waals surface area contributed by atoms with Crippen LogP contribution in [0.1, 0.15) is 12.7 Å². The van der Waals surface area contributed by atoms with Gasteiger partial charge >= 0.3 is 0 Å². The van der Waals surface area contributed by atoms with E-state index >= 15 is 0 Å². The maximum absolute atomic E-state index is 12.5. The Labute approximate surface area is 141 Å². The second-order valence-corrected chi connectivity index (χ2v) is 5.49. The summed E-state index contributed by atoms with van der Waals surface area (Å²) in [6.07, 6.45) is 0.717. The fraction of sp³-hybridized carbons (Fsp3) is 0.200. The third kappa shape index (κ3) is 3.71. The summed E-state index contributed by atoms with van der Waals surface area (Å²) < 4.78 is 1.74. The largest absolute Gasteiger partial charge is 0.383 e. The molecule has 0 aliphatic heterocycles. The first-order valence-corrected chi connectivity index (χ1v) is 8.14. The third-order valence-electron chi connectivity index (χ3n) is 3.84. The quantitative estimate of drug-likeness (QED) is 0.758. The van der Waals surface area contributed by atoms with E-state index in [0.29, 0.717) is 13.1 Å². The van der Waals surface area contributed by atoms with Gasteiger partial charge in [0, 0.05) is 36.8 Å². The van der Waals surface area contributed by atoms with Gasteiger partial charge in [-0.3, -0.25) is 9.36 Å². The number of hydrogen-bond acceptors (Lipinski definition) is 3. The van der Waals surface area contributed by atoms with Gasteiger partial charge in [0.1, 0.15) is 5.82 Å². The van der Waals surface area contributed by atoms with Gasteiger partial charge in [-0.25, -0.2) is 4.98 Å². The van der Waals surface area contributed by atoms with Gasteiger partial charge in [-0.05, 0) is 18.2 Å². The second kappa shape index (κ2) is 7.59. The zero-order valence-electron chi connectivity index (χ0n) is 13.7. The maximum atomic E-state index is 12.5. The molecule has 24 heavy (non-hydrogen) atoms. The van der Waals surface area contributed by atoms with Gasteiger partial charge in [0.25, 0.3) is 5.56 Å². The minimum Gasteiger partial charge on any atom is -0.383 e. The normalized spacial score (nSPS) is 10.5. The molecule has 4 nitrogen and oxygen atoms in total. The van der Waals surface area contributed by atoms with Gasteiger partial charge < -0.3 is 5.32 Å². The van der Waals surface area contributed by atoms with Crippen LogP contribution < -0.4 is 10.9 Å². The standard InChI is InChI=1S/C20H20N3O/c1-2-19-22-18(16-9-5-3-6-10-16)15-20(24)23(19)14-13-21-17-11-7-4-8-12-17/h3-7,9-12,15,21H,2,13-14H2,1H3. The highest BCUT2D eigenvalue weighted by Gasteiger charge is 2.08. The van der Waals surface area contributed by atoms with Crippen molar-refractivity contribution in [2.45, 2.75) is 19.9 Å². The minimum atomic E-state index is -0.0119. The molecule has 1 N–H and O–H groups in total. The molecule has 0 bridgehead atoms. The number of aryl methyl sites for hydroxylation is 1. The van der Waals surface area contributed by atoms with Gasteiger partial charge in [0.05, 0.1) is 5.69 Å². The van der Waals surface area contributed by atoms with Gasteiger partial charge in [-0.1, -0.05) is 49.4 Å². The van der Waals surface area contributed by atoms with Crippen molar-refractivity contribution in [2.24, 2.45) is 0 Å². The number of hydrogen-bond donors (Lipinski definition) is 1. The Balaban J connectivity index is 1.79. The van der Waals surface area contributed by atoms with Crippen molar-refractivity contribution >= 4 is 5.69 Å². The summed E-state index contributed by atoms with van der Waals surface area (Å²) in [6.45, 7) is 3.27. The molecule has 4 heteroatoms. The highest BCUT2D eigenvalue weighted by molar-refractivity contribution is 5.58. The fourth-order valence-electron chi connectivity index (χ4n) is 2.64. The van der Waals surface area contributed by atoms with E-state index in [2.05, 4.69) is 16.4 Å². The molecule has 3 aromatic rings. The van der Waals surface area contributed by atoms with E-state index in [-0.39, 0.29) is 5.56 Å². The minimum absolute atomic E-state index is 0.0119. The van der Waals surface area contributed by atoms with Crippen LogP contribution in [0.25, 0.3) is 11.3 Å². The molecule has 121 valence electrons. The van der Waals surface area contributed by atoms with Gasteiger partial charge in [-0.2, -0.15) is 0 Å². The zero-order valence-corrected chi connectivity index (χ0v) is 13.7. The van der Waals surface area contributed by atoms with Crippen molar-refractivity contribution in [2.75, 3.05) is 11.9 Å². The molecule has 0 saturated carbocycles. The Bertz CT molecular complexity index is 842. The van der Waals surface area contributed by atoms with E-state index < -0.39 is 0 Å². The molecule has 1 radical (unpaired) electrons. The van der Waals surface area contributed by atoms with Crippen LogP contribution in [-0.4, -0.2) is 16.1 Å². The lowest BCUT2D eigenvalue weighted by molar-refractivity contribution is 0.634. The van der Waals surface area contributed by atoms with Crippen LogP contribution in [0.5, 0.6) is 0 Å². The second-order valence-electron chi connectivity index (χ2n) is 5.49. The van der Waals surface area contributed by atoms with Crippen LogP contribution in [0.4, 0.5) is 5.69 Å². The van der Waals surface area contributed by atoms with Crippen LogP contribution in [0, 0.1) is 6.07 Å². The Morgan fingerprint density at radius 2 is 2.00 bits per heavy atom. The summed E-state index contributed by atoms with van der Waals surface area (Å²) in [5.74, 6) is 0.808. The van der Waals surface area contributed by atoms with E-state index in [9.17, 15) is 4.79 Å². The third-order valence-corrected chi connectivity index (χ3v) is 3.84. The molecule has 2 aromatic carbocycles. The lowest BCUT2D eigenvalue weighted by atomic mass is 10.1. The monoisotopic (exact) mass is 318 g/mol. The number of nitrogens with zero attached hydrogens (tertiary/aromatic N) is 2. The highest BCUT2D eigenvalue weighted by atomic mass is 16.1. The van der Waals surface area contributed by atoms with Crippen molar-refractivity contribution < 1.29 is 0 Å². The lowest BCUT2D eigenvalue weighted by Crippen LogP contribution is -2.27. The first kappa shape index (κ1) is 16.0. The molecule has 0 saturated heterocycles.